The highest BCUT2D eigenvalue weighted by Crippen LogP contribution is 2.13. The van der Waals surface area contributed by atoms with Crippen LogP contribution in [0, 0.1) is 13.8 Å². The number of aromatic nitrogens is 3. The van der Waals surface area contributed by atoms with E-state index in [4.69, 9.17) is 10.8 Å². The Morgan fingerprint density at radius 1 is 1.37 bits per heavy atom. The molecule has 0 amide bonds. The summed E-state index contributed by atoms with van der Waals surface area (Å²) in [4.78, 5) is 26.3. The molecule has 2 rings (SSSR count). The van der Waals surface area contributed by atoms with Crippen molar-refractivity contribution in [1.29, 1.82) is 0 Å². The molecule has 0 fully saturated rings. The number of nitrogens with two attached hydrogens (primary N) is 1. The van der Waals surface area contributed by atoms with Crippen LogP contribution in [0.1, 0.15) is 21.7 Å². The zero-order valence-corrected chi connectivity index (χ0v) is 10.4. The smallest absolute Gasteiger partial charge is 0.375 e. The monoisotopic (exact) mass is 260 g/mol. The Bertz CT molecular complexity index is 721. The minimum atomic E-state index is -1.34. The van der Waals surface area contributed by atoms with Crippen molar-refractivity contribution in [2.24, 2.45) is 0 Å². The van der Waals surface area contributed by atoms with E-state index < -0.39 is 23.2 Å². The summed E-state index contributed by atoms with van der Waals surface area (Å²) in [6, 6.07) is 5.43. The third kappa shape index (κ3) is 2.30. The molecular weight excluding hydrogens is 248 g/mol. The molecule has 2 aromatic rings. The van der Waals surface area contributed by atoms with Gasteiger partial charge in [0.25, 0.3) is 5.82 Å². The molecule has 98 valence electrons. The Morgan fingerprint density at radius 2 is 2.05 bits per heavy atom. The molecular formula is C12H12N4O3. The topological polar surface area (TPSA) is 111 Å². The second-order valence-corrected chi connectivity index (χ2v) is 4.13. The molecule has 0 unspecified atom stereocenters. The number of hydrogen-bond donors (Lipinski definition) is 2. The van der Waals surface area contributed by atoms with Gasteiger partial charge in [0.05, 0.1) is 5.69 Å². The van der Waals surface area contributed by atoms with E-state index >= 15 is 0 Å². The lowest BCUT2D eigenvalue weighted by Gasteiger charge is -2.09. The fourth-order valence-corrected chi connectivity index (χ4v) is 1.63. The fourth-order valence-electron chi connectivity index (χ4n) is 1.63. The molecule has 0 saturated carbocycles. The number of rotatable bonds is 2. The largest absolute Gasteiger partial charge is 0.475 e. The van der Waals surface area contributed by atoms with Crippen LogP contribution in [0.15, 0.2) is 23.0 Å². The Balaban J connectivity index is 2.78. The maximum atomic E-state index is 11.9. The number of anilines is 1. The van der Waals surface area contributed by atoms with Crippen LogP contribution < -0.4 is 11.3 Å². The zero-order valence-electron chi connectivity index (χ0n) is 10.4. The van der Waals surface area contributed by atoms with Gasteiger partial charge in [0.15, 0.2) is 5.82 Å². The number of nitrogens with zero attached hydrogens (tertiary/aromatic N) is 3. The van der Waals surface area contributed by atoms with E-state index in [0.29, 0.717) is 5.69 Å². The van der Waals surface area contributed by atoms with E-state index in [1.807, 2.05) is 19.1 Å². The first-order valence-electron chi connectivity index (χ1n) is 5.48. The standard InChI is InChI=1S/C12H12N4O3/c1-6-3-4-7(2)8(5-6)16-11(17)9(13)14-10(15-16)12(18)19/h3-5H,1-2H3,(H,18,19)(H2,13,14,15). The summed E-state index contributed by atoms with van der Waals surface area (Å²) in [6.45, 7) is 3.65. The maximum absolute atomic E-state index is 11.9. The van der Waals surface area contributed by atoms with Gasteiger partial charge >= 0.3 is 11.5 Å². The summed E-state index contributed by atoms with van der Waals surface area (Å²) in [6.07, 6.45) is 0. The number of hydrogen-bond acceptors (Lipinski definition) is 5. The van der Waals surface area contributed by atoms with Crippen LogP contribution in [-0.4, -0.2) is 25.8 Å². The SMILES string of the molecule is Cc1ccc(C)c(-n2nc(C(=O)O)nc(N)c2=O)c1. The predicted molar refractivity (Wildman–Crippen MR) is 68.5 cm³/mol. The van der Waals surface area contributed by atoms with E-state index in [1.54, 1.807) is 13.0 Å². The maximum Gasteiger partial charge on any atom is 0.375 e. The average Bonchev–Trinajstić information content (AvgIpc) is 2.35. The first-order valence-corrected chi connectivity index (χ1v) is 5.48. The molecule has 1 aromatic carbocycles. The normalized spacial score (nSPS) is 10.4. The van der Waals surface area contributed by atoms with Crippen molar-refractivity contribution in [2.45, 2.75) is 13.8 Å². The van der Waals surface area contributed by atoms with Gasteiger partial charge in [-0.1, -0.05) is 12.1 Å². The number of benzene rings is 1. The van der Waals surface area contributed by atoms with E-state index in [0.717, 1.165) is 15.8 Å². The first-order chi connectivity index (χ1) is 8.90. The zero-order chi connectivity index (χ0) is 14.2. The number of aromatic carboxylic acids is 1. The molecule has 0 saturated heterocycles. The number of carboxylic acid groups (broad SMARTS) is 1. The van der Waals surface area contributed by atoms with Gasteiger partial charge in [0.2, 0.25) is 0 Å². The van der Waals surface area contributed by atoms with Crippen molar-refractivity contribution in [3.63, 3.8) is 0 Å². The first kappa shape index (κ1) is 12.7. The van der Waals surface area contributed by atoms with Gasteiger partial charge in [-0.25, -0.2) is 4.79 Å². The second-order valence-electron chi connectivity index (χ2n) is 4.13. The molecule has 0 aliphatic carbocycles. The van der Waals surface area contributed by atoms with E-state index in [-0.39, 0.29) is 0 Å². The van der Waals surface area contributed by atoms with Crippen LogP contribution in [0.3, 0.4) is 0 Å². The van der Waals surface area contributed by atoms with Crippen LogP contribution in [0.2, 0.25) is 0 Å². The van der Waals surface area contributed by atoms with E-state index in [9.17, 15) is 9.59 Å². The van der Waals surface area contributed by atoms with Crippen molar-refractivity contribution in [2.75, 3.05) is 5.73 Å². The summed E-state index contributed by atoms with van der Waals surface area (Å²) < 4.78 is 0.966. The van der Waals surface area contributed by atoms with Crippen molar-refractivity contribution < 1.29 is 9.90 Å². The van der Waals surface area contributed by atoms with Gasteiger partial charge in [-0.05, 0) is 31.0 Å². The van der Waals surface area contributed by atoms with E-state index in [1.165, 1.54) is 0 Å². The van der Waals surface area contributed by atoms with Crippen molar-refractivity contribution in [3.8, 4) is 5.69 Å². The number of nitrogen functional groups attached to an aromatic ring is 1. The Kier molecular flexibility index (Phi) is 3.04. The Hall–Kier alpha value is -2.70. The van der Waals surface area contributed by atoms with E-state index in [2.05, 4.69) is 10.1 Å². The third-order valence-corrected chi connectivity index (χ3v) is 2.62. The Labute approximate surface area is 108 Å². The second kappa shape index (κ2) is 4.52. The highest BCUT2D eigenvalue weighted by atomic mass is 16.4. The lowest BCUT2D eigenvalue weighted by Crippen LogP contribution is -2.29. The van der Waals surface area contributed by atoms with Crippen LogP contribution in [0.4, 0.5) is 5.82 Å². The molecule has 1 aromatic heterocycles. The molecule has 3 N–H and O–H groups in total. The van der Waals surface area contributed by atoms with Crippen molar-refractivity contribution in [3.05, 3.63) is 45.5 Å². The van der Waals surface area contributed by atoms with Crippen LogP contribution in [-0.2, 0) is 0 Å². The molecule has 0 aliphatic heterocycles. The molecule has 7 heteroatoms. The number of aryl methyl sites for hydroxylation is 2. The van der Waals surface area contributed by atoms with Crippen LogP contribution in [0.25, 0.3) is 5.69 Å². The fraction of sp³-hybridized carbons (Fsp3) is 0.167. The summed E-state index contributed by atoms with van der Waals surface area (Å²) in [5.74, 6) is -2.25. The third-order valence-electron chi connectivity index (χ3n) is 2.62. The minimum Gasteiger partial charge on any atom is -0.475 e. The Morgan fingerprint density at radius 3 is 2.68 bits per heavy atom. The summed E-state index contributed by atoms with van der Waals surface area (Å²) in [5.41, 5.74) is 6.98. The minimum absolute atomic E-state index is 0.395. The quantitative estimate of drug-likeness (QED) is 0.814. The van der Waals surface area contributed by atoms with Crippen molar-refractivity contribution in [1.82, 2.24) is 14.8 Å². The lowest BCUT2D eigenvalue weighted by atomic mass is 10.1. The highest BCUT2D eigenvalue weighted by molar-refractivity contribution is 5.83. The highest BCUT2D eigenvalue weighted by Gasteiger charge is 2.15. The van der Waals surface area contributed by atoms with Crippen LogP contribution >= 0.6 is 0 Å². The molecule has 7 nitrogen and oxygen atoms in total. The van der Waals surface area contributed by atoms with Gasteiger partial charge in [0.1, 0.15) is 0 Å². The van der Waals surface area contributed by atoms with Gasteiger partial charge in [-0.15, -0.1) is 5.10 Å². The average molecular weight is 260 g/mol. The summed E-state index contributed by atoms with van der Waals surface area (Å²) in [5, 5.41) is 12.6. The molecule has 1 heterocycles. The number of carbonyl (C=O) groups is 1. The van der Waals surface area contributed by atoms with Crippen LogP contribution in [0.5, 0.6) is 0 Å². The van der Waals surface area contributed by atoms with Gasteiger partial charge in [0, 0.05) is 0 Å². The lowest BCUT2D eigenvalue weighted by molar-refractivity contribution is 0.0681. The molecule has 19 heavy (non-hydrogen) atoms. The number of carboxylic acids is 1. The molecule has 0 atom stereocenters. The summed E-state index contributed by atoms with van der Waals surface area (Å²) >= 11 is 0. The molecule has 0 aliphatic rings. The van der Waals surface area contributed by atoms with Crippen molar-refractivity contribution >= 4 is 11.8 Å². The molecule has 0 spiro atoms. The molecule has 0 radical (unpaired) electrons. The predicted octanol–water partition coefficient (Wildman–Crippen LogP) is 0.525. The van der Waals surface area contributed by atoms with Gasteiger partial charge in [-0.3, -0.25) is 4.79 Å². The van der Waals surface area contributed by atoms with Gasteiger partial charge in [-0.2, -0.15) is 9.67 Å². The summed E-state index contributed by atoms with van der Waals surface area (Å²) in [7, 11) is 0. The van der Waals surface area contributed by atoms with Gasteiger partial charge < -0.3 is 10.8 Å². The molecule has 0 bridgehead atoms.